The molecule has 0 aromatic heterocycles. The molecule has 0 fully saturated rings. The van der Waals surface area contributed by atoms with Crippen molar-refractivity contribution in [3.8, 4) is 0 Å². The highest BCUT2D eigenvalue weighted by molar-refractivity contribution is 5.67. The normalized spacial score (nSPS) is 10.4. The molecule has 0 radical (unpaired) electrons. The number of alkyl carbamates (subject to hydrolysis) is 2. The summed E-state index contributed by atoms with van der Waals surface area (Å²) in [7, 11) is 0. The van der Waals surface area contributed by atoms with Crippen molar-refractivity contribution in [2.24, 2.45) is 0 Å². The van der Waals surface area contributed by atoms with E-state index in [0.29, 0.717) is 52.6 Å². The third-order valence-electron chi connectivity index (χ3n) is 4.30. The van der Waals surface area contributed by atoms with Gasteiger partial charge in [0.15, 0.2) is 0 Å². The first-order valence-corrected chi connectivity index (χ1v) is 11.0. The van der Waals surface area contributed by atoms with E-state index in [4.69, 9.17) is 18.9 Å². The van der Waals surface area contributed by atoms with E-state index < -0.39 is 12.2 Å². The van der Waals surface area contributed by atoms with Crippen LogP contribution in [-0.2, 0) is 32.2 Å². The average molecular weight is 460 g/mol. The van der Waals surface area contributed by atoms with Crippen LogP contribution in [-0.4, -0.2) is 64.8 Å². The van der Waals surface area contributed by atoms with Crippen LogP contribution >= 0.6 is 0 Å². The number of carbonyl (C=O) groups is 2. The van der Waals surface area contributed by atoms with E-state index in [1.54, 1.807) is 0 Å². The molecule has 9 nitrogen and oxygen atoms in total. The van der Waals surface area contributed by atoms with E-state index >= 15 is 0 Å². The molecule has 0 saturated carbocycles. The van der Waals surface area contributed by atoms with Crippen molar-refractivity contribution in [3.05, 3.63) is 71.8 Å². The van der Waals surface area contributed by atoms with Crippen molar-refractivity contribution in [3.63, 3.8) is 0 Å². The minimum Gasteiger partial charge on any atom is -0.445 e. The second kappa shape index (κ2) is 17.4. The standard InChI is InChI=1S/C24H33N3O6/c28-23(32-19-21-7-3-1-4-8-21)26-13-17-30-15-11-25-12-16-31-18-14-27-24(29)33-20-22-9-5-2-6-10-22/h1-10,25H,11-20H2,(H,26,28)(H,27,29). The van der Waals surface area contributed by atoms with Gasteiger partial charge in [-0.25, -0.2) is 9.59 Å². The second-order valence-electron chi connectivity index (χ2n) is 6.95. The Morgan fingerprint density at radius 3 is 1.39 bits per heavy atom. The summed E-state index contributed by atoms with van der Waals surface area (Å²) >= 11 is 0. The number of hydrogen-bond donors (Lipinski definition) is 3. The van der Waals surface area contributed by atoms with Gasteiger partial charge in [0.1, 0.15) is 13.2 Å². The van der Waals surface area contributed by atoms with Crippen LogP contribution in [0.15, 0.2) is 60.7 Å². The molecule has 0 atom stereocenters. The summed E-state index contributed by atoms with van der Waals surface area (Å²) in [5, 5.41) is 8.47. The predicted octanol–water partition coefficient (Wildman–Crippen LogP) is 2.46. The third-order valence-corrected chi connectivity index (χ3v) is 4.30. The zero-order valence-corrected chi connectivity index (χ0v) is 18.8. The summed E-state index contributed by atoms with van der Waals surface area (Å²) in [4.78, 5) is 23.2. The fraction of sp³-hybridized carbons (Fsp3) is 0.417. The number of ether oxygens (including phenoxy) is 4. The number of amides is 2. The van der Waals surface area contributed by atoms with Gasteiger partial charge in [0.05, 0.1) is 26.4 Å². The summed E-state index contributed by atoms with van der Waals surface area (Å²) in [6, 6.07) is 19.0. The lowest BCUT2D eigenvalue weighted by Gasteiger charge is -2.09. The van der Waals surface area contributed by atoms with Crippen molar-refractivity contribution in [1.82, 2.24) is 16.0 Å². The Kier molecular flexibility index (Phi) is 13.8. The van der Waals surface area contributed by atoms with Gasteiger partial charge in [-0.3, -0.25) is 0 Å². The SMILES string of the molecule is O=C(NCCOCCNCCOCCNC(=O)OCc1ccccc1)OCc1ccccc1. The van der Waals surface area contributed by atoms with Gasteiger partial charge < -0.3 is 34.9 Å². The van der Waals surface area contributed by atoms with E-state index in [9.17, 15) is 9.59 Å². The first-order valence-electron chi connectivity index (χ1n) is 11.0. The van der Waals surface area contributed by atoms with Crippen LogP contribution in [0.1, 0.15) is 11.1 Å². The van der Waals surface area contributed by atoms with Crippen molar-refractivity contribution in [1.29, 1.82) is 0 Å². The summed E-state index contributed by atoms with van der Waals surface area (Å²) in [5.74, 6) is 0. The third kappa shape index (κ3) is 13.8. The van der Waals surface area contributed by atoms with Crippen LogP contribution in [0, 0.1) is 0 Å². The molecule has 9 heteroatoms. The Morgan fingerprint density at radius 2 is 0.970 bits per heavy atom. The van der Waals surface area contributed by atoms with E-state index in [0.717, 1.165) is 11.1 Å². The van der Waals surface area contributed by atoms with Crippen LogP contribution in [0.25, 0.3) is 0 Å². The van der Waals surface area contributed by atoms with Gasteiger partial charge in [-0.05, 0) is 11.1 Å². The molecule has 0 bridgehead atoms. The van der Waals surface area contributed by atoms with Crippen LogP contribution in [0.5, 0.6) is 0 Å². The van der Waals surface area contributed by atoms with Gasteiger partial charge in [-0.2, -0.15) is 0 Å². The van der Waals surface area contributed by atoms with Crippen LogP contribution in [0.3, 0.4) is 0 Å². The topological polar surface area (TPSA) is 107 Å². The maximum absolute atomic E-state index is 11.6. The van der Waals surface area contributed by atoms with Crippen LogP contribution in [0.2, 0.25) is 0 Å². The van der Waals surface area contributed by atoms with Gasteiger partial charge in [-0.15, -0.1) is 0 Å². The van der Waals surface area contributed by atoms with Crippen LogP contribution in [0.4, 0.5) is 9.59 Å². The molecule has 0 aliphatic rings. The lowest BCUT2D eigenvalue weighted by atomic mass is 10.2. The van der Waals surface area contributed by atoms with E-state index in [-0.39, 0.29) is 13.2 Å². The number of nitrogens with one attached hydrogen (secondary N) is 3. The molecule has 0 aliphatic heterocycles. The second-order valence-corrected chi connectivity index (χ2v) is 6.95. The molecule has 0 heterocycles. The van der Waals surface area contributed by atoms with Crippen molar-refractivity contribution >= 4 is 12.2 Å². The summed E-state index contributed by atoms with van der Waals surface area (Å²) < 4.78 is 21.1. The maximum atomic E-state index is 11.6. The van der Waals surface area contributed by atoms with Gasteiger partial charge in [-0.1, -0.05) is 60.7 Å². The molecule has 2 aromatic carbocycles. The first kappa shape index (κ1) is 26.1. The number of benzene rings is 2. The molecular formula is C24H33N3O6. The Morgan fingerprint density at radius 1 is 0.576 bits per heavy atom. The Hall–Kier alpha value is -3.14. The van der Waals surface area contributed by atoms with E-state index in [1.165, 1.54) is 0 Å². The molecular weight excluding hydrogens is 426 g/mol. The summed E-state index contributed by atoms with van der Waals surface area (Å²) in [6.45, 7) is 4.47. The van der Waals surface area contributed by atoms with Gasteiger partial charge in [0.25, 0.3) is 0 Å². The predicted molar refractivity (Wildman–Crippen MR) is 124 cm³/mol. The zero-order valence-electron chi connectivity index (χ0n) is 18.8. The van der Waals surface area contributed by atoms with Crippen molar-refractivity contribution in [2.45, 2.75) is 13.2 Å². The lowest BCUT2D eigenvalue weighted by Crippen LogP contribution is -2.30. The van der Waals surface area contributed by atoms with Gasteiger partial charge in [0, 0.05) is 26.2 Å². The largest absolute Gasteiger partial charge is 0.445 e. The average Bonchev–Trinajstić information content (AvgIpc) is 2.85. The van der Waals surface area contributed by atoms with Gasteiger partial charge in [0.2, 0.25) is 0 Å². The maximum Gasteiger partial charge on any atom is 0.407 e. The molecule has 180 valence electrons. The summed E-state index contributed by atoms with van der Waals surface area (Å²) in [5.41, 5.74) is 1.88. The van der Waals surface area contributed by atoms with Crippen molar-refractivity contribution in [2.75, 3.05) is 52.6 Å². The zero-order chi connectivity index (χ0) is 23.4. The highest BCUT2D eigenvalue weighted by Gasteiger charge is 2.02. The molecule has 2 amide bonds. The Balaban J connectivity index is 1.29. The smallest absolute Gasteiger partial charge is 0.407 e. The molecule has 0 saturated heterocycles. The summed E-state index contributed by atoms with van der Waals surface area (Å²) in [6.07, 6.45) is -0.923. The van der Waals surface area contributed by atoms with E-state index in [1.807, 2.05) is 60.7 Å². The highest BCUT2D eigenvalue weighted by atomic mass is 16.6. The number of hydrogen-bond acceptors (Lipinski definition) is 7. The monoisotopic (exact) mass is 459 g/mol. The number of carbonyl (C=O) groups excluding carboxylic acids is 2. The minimum atomic E-state index is -0.461. The number of rotatable bonds is 16. The lowest BCUT2D eigenvalue weighted by molar-refractivity contribution is 0.112. The minimum absolute atomic E-state index is 0.244. The Labute approximate surface area is 194 Å². The first-order chi connectivity index (χ1) is 16.2. The molecule has 3 N–H and O–H groups in total. The molecule has 2 aromatic rings. The van der Waals surface area contributed by atoms with Crippen LogP contribution < -0.4 is 16.0 Å². The molecule has 0 spiro atoms. The van der Waals surface area contributed by atoms with Gasteiger partial charge >= 0.3 is 12.2 Å². The fourth-order valence-corrected chi connectivity index (χ4v) is 2.62. The highest BCUT2D eigenvalue weighted by Crippen LogP contribution is 2.01. The quantitative estimate of drug-likeness (QED) is 0.331. The molecule has 0 unspecified atom stereocenters. The van der Waals surface area contributed by atoms with E-state index in [2.05, 4.69) is 16.0 Å². The molecule has 2 rings (SSSR count). The van der Waals surface area contributed by atoms with Crippen molar-refractivity contribution < 1.29 is 28.5 Å². The Bertz CT molecular complexity index is 711. The molecule has 33 heavy (non-hydrogen) atoms. The fourth-order valence-electron chi connectivity index (χ4n) is 2.62. The molecule has 0 aliphatic carbocycles.